The van der Waals surface area contributed by atoms with Crippen LogP contribution in [0.15, 0.2) is 46.8 Å². The van der Waals surface area contributed by atoms with Gasteiger partial charge >= 0.3 is 233 Å². The molecule has 0 amide bonds. The third-order valence-corrected chi connectivity index (χ3v) is 28.5. The van der Waals surface area contributed by atoms with Crippen LogP contribution in [-0.2, 0) is 22.9 Å². The Morgan fingerprint density at radius 2 is 1.00 bits per heavy atom. The van der Waals surface area contributed by atoms with E-state index in [-0.39, 0.29) is 24.8 Å². The topological polar surface area (TPSA) is 0 Å². The van der Waals surface area contributed by atoms with Crippen molar-refractivity contribution in [2.24, 2.45) is 0 Å². The SMILES string of the molecule is CCCC[C]1([Hf+2][C]2(CCCC)C=CC([Si]3(CCCC)CCC3)=C2)C=CC([Si]2(CCCC)CCC2)=C1.[Cl-].[Cl-]. The van der Waals surface area contributed by atoms with Crippen molar-refractivity contribution in [2.75, 3.05) is 0 Å². The van der Waals surface area contributed by atoms with Crippen LogP contribution >= 0.6 is 0 Å². The molecule has 4 rings (SSSR count). The molecule has 37 heavy (non-hydrogen) atoms. The van der Waals surface area contributed by atoms with Crippen LogP contribution in [0.1, 0.15) is 105 Å². The maximum Gasteiger partial charge on any atom is -1.00 e. The third kappa shape index (κ3) is 7.58. The Bertz CT molecular complexity index is 772. The van der Waals surface area contributed by atoms with E-state index in [9.17, 15) is 0 Å². The number of unbranched alkanes of at least 4 members (excludes halogenated alkanes) is 4. The van der Waals surface area contributed by atoms with Crippen molar-refractivity contribution in [3.8, 4) is 0 Å². The molecule has 0 nitrogen and oxygen atoms in total. The van der Waals surface area contributed by atoms with Crippen LogP contribution in [0, 0.1) is 0 Å². The monoisotopic (exact) mass is 744 g/mol. The van der Waals surface area contributed by atoms with Gasteiger partial charge in [-0.3, -0.25) is 0 Å². The zero-order valence-electron chi connectivity index (χ0n) is 24.4. The summed E-state index contributed by atoms with van der Waals surface area (Å²) in [6.45, 7) is 9.61. The molecule has 2 heterocycles. The second-order valence-electron chi connectivity index (χ2n) is 12.8. The molecular weight excluding hydrogens is 690 g/mol. The first-order valence-corrected chi connectivity index (χ1v) is 24.5. The molecule has 5 heteroatoms. The van der Waals surface area contributed by atoms with Crippen molar-refractivity contribution in [3.05, 3.63) is 46.8 Å². The second kappa shape index (κ2) is 15.2. The van der Waals surface area contributed by atoms with Gasteiger partial charge in [0.2, 0.25) is 0 Å². The first-order valence-electron chi connectivity index (χ1n) is 15.6. The van der Waals surface area contributed by atoms with Crippen molar-refractivity contribution in [2.45, 2.75) is 147 Å². The van der Waals surface area contributed by atoms with Crippen LogP contribution in [0.5, 0.6) is 0 Å². The van der Waals surface area contributed by atoms with E-state index in [2.05, 4.69) is 64.2 Å². The van der Waals surface area contributed by atoms with Crippen LogP contribution in [0.4, 0.5) is 0 Å². The van der Waals surface area contributed by atoms with E-state index in [0.29, 0.717) is 6.34 Å². The average molecular weight is 744 g/mol. The summed E-state index contributed by atoms with van der Waals surface area (Å²) in [5.41, 5.74) is 0. The van der Waals surface area contributed by atoms with E-state index in [1.165, 1.54) is 77.0 Å². The third-order valence-electron chi connectivity index (χ3n) is 10.2. The van der Waals surface area contributed by atoms with Gasteiger partial charge in [-0.15, -0.1) is 0 Å². The van der Waals surface area contributed by atoms with Gasteiger partial charge in [-0.05, 0) is 0 Å². The maximum absolute atomic E-state index is 2.98. The van der Waals surface area contributed by atoms with E-state index in [0.717, 1.165) is 0 Å². The van der Waals surface area contributed by atoms with Gasteiger partial charge in [0.1, 0.15) is 0 Å². The molecule has 2 unspecified atom stereocenters. The molecule has 2 fully saturated rings. The van der Waals surface area contributed by atoms with Crippen molar-refractivity contribution in [3.63, 3.8) is 0 Å². The first kappa shape index (κ1) is 34.0. The zero-order chi connectivity index (χ0) is 24.8. The van der Waals surface area contributed by atoms with Crippen LogP contribution < -0.4 is 24.8 Å². The molecule has 208 valence electrons. The molecule has 0 radical (unpaired) electrons. The summed E-state index contributed by atoms with van der Waals surface area (Å²) in [5.74, 6) is 0. The van der Waals surface area contributed by atoms with Gasteiger partial charge in [0.15, 0.2) is 0 Å². The number of halogens is 2. The minimum absolute atomic E-state index is 0. The largest absolute Gasteiger partial charge is 1.00 e. The summed E-state index contributed by atoms with van der Waals surface area (Å²) in [6.07, 6.45) is 34.3. The number of hydrogen-bond donors (Lipinski definition) is 0. The molecule has 0 bridgehead atoms. The minimum Gasteiger partial charge on any atom is -1.00 e. The fourth-order valence-corrected chi connectivity index (χ4v) is 25.8. The Labute approximate surface area is 256 Å². The van der Waals surface area contributed by atoms with Gasteiger partial charge in [-0.2, -0.15) is 0 Å². The number of hydrogen-bond acceptors (Lipinski definition) is 0. The van der Waals surface area contributed by atoms with Crippen molar-refractivity contribution < 1.29 is 47.7 Å². The summed E-state index contributed by atoms with van der Waals surface area (Å²) >= 11 is -1.04. The van der Waals surface area contributed by atoms with E-state index in [1.807, 2.05) is 10.4 Å². The second-order valence-corrected chi connectivity index (χ2v) is 29.6. The smallest absolute Gasteiger partial charge is 1.00 e. The molecule has 2 saturated heterocycles. The summed E-state index contributed by atoms with van der Waals surface area (Å²) in [4.78, 5) is 0. The Hall–Kier alpha value is 0.844. The standard InChI is InChI=1S/2C16H27Si.2ClH.Hf/c2*1-3-5-8-15-9-10-16(14-15)17(11-6-4-2)12-7-13-17;;;/h2*9-10,14H,3-8,11-13H2,1-2H3;2*1H;/q;;;;+2/p-2. The van der Waals surface area contributed by atoms with Gasteiger partial charge < -0.3 is 24.8 Å². The molecule has 2 aliphatic heterocycles. The normalized spacial score (nSPS) is 28.3. The fraction of sp³-hybridized carbons (Fsp3) is 0.750. The van der Waals surface area contributed by atoms with Crippen molar-refractivity contribution in [1.29, 1.82) is 0 Å². The van der Waals surface area contributed by atoms with Crippen LogP contribution in [-0.4, -0.2) is 16.1 Å². The van der Waals surface area contributed by atoms with Gasteiger partial charge in [-0.25, -0.2) is 0 Å². The maximum atomic E-state index is 2.98. The molecule has 4 aliphatic rings. The minimum atomic E-state index is -1.14. The molecule has 0 N–H and O–H groups in total. The van der Waals surface area contributed by atoms with E-state index < -0.39 is 39.1 Å². The zero-order valence-corrected chi connectivity index (χ0v) is 31.6. The van der Waals surface area contributed by atoms with E-state index >= 15 is 0 Å². The van der Waals surface area contributed by atoms with Crippen molar-refractivity contribution >= 4 is 16.1 Å². The van der Waals surface area contributed by atoms with Gasteiger partial charge in [0.05, 0.1) is 0 Å². The molecular formula is C32H54Cl2HfSi2. The molecule has 0 spiro atoms. The first-order chi connectivity index (χ1) is 17.0. The van der Waals surface area contributed by atoms with Crippen LogP contribution in [0.25, 0.3) is 0 Å². The molecule has 0 aromatic carbocycles. The van der Waals surface area contributed by atoms with Gasteiger partial charge in [-0.1, -0.05) is 0 Å². The van der Waals surface area contributed by atoms with Gasteiger partial charge in [0.25, 0.3) is 0 Å². The average Bonchev–Trinajstić information content (AvgIpc) is 3.41. The predicted molar refractivity (Wildman–Crippen MR) is 158 cm³/mol. The molecule has 0 saturated carbocycles. The molecule has 2 atom stereocenters. The molecule has 0 aromatic heterocycles. The van der Waals surface area contributed by atoms with Crippen LogP contribution in [0.2, 0.25) is 42.6 Å². The summed E-state index contributed by atoms with van der Waals surface area (Å²) in [6, 6.07) is 9.53. The Morgan fingerprint density at radius 1 is 0.622 bits per heavy atom. The fourth-order valence-electron chi connectivity index (χ4n) is 7.45. The number of allylic oxidation sites excluding steroid dienone is 8. The van der Waals surface area contributed by atoms with Crippen LogP contribution in [0.3, 0.4) is 0 Å². The molecule has 0 aromatic rings. The van der Waals surface area contributed by atoms with Gasteiger partial charge in [0, 0.05) is 0 Å². The summed E-state index contributed by atoms with van der Waals surface area (Å²) < 4.78 is 1.02. The Balaban J connectivity index is 0.00000241. The predicted octanol–water partition coefficient (Wildman–Crippen LogP) is 5.15. The summed E-state index contributed by atoms with van der Waals surface area (Å²) in [5, 5.41) is 3.84. The Kier molecular flexibility index (Phi) is 14.0. The summed E-state index contributed by atoms with van der Waals surface area (Å²) in [7, 11) is -2.28. The van der Waals surface area contributed by atoms with Crippen molar-refractivity contribution in [1.82, 2.24) is 0 Å². The Morgan fingerprint density at radius 3 is 1.30 bits per heavy atom. The quantitative estimate of drug-likeness (QED) is 0.192. The number of rotatable bonds is 16. The molecule has 2 aliphatic carbocycles. The van der Waals surface area contributed by atoms with E-state index in [4.69, 9.17) is 0 Å². The van der Waals surface area contributed by atoms with E-state index in [1.54, 1.807) is 36.3 Å².